The Morgan fingerprint density at radius 3 is 2.73 bits per heavy atom. The first-order valence-corrected chi connectivity index (χ1v) is 5.69. The zero-order valence-electron chi connectivity index (χ0n) is 9.46. The molecule has 0 bridgehead atoms. The molecule has 1 atom stereocenters. The van der Waals surface area contributed by atoms with Gasteiger partial charge in [0, 0.05) is 0 Å². The lowest BCUT2D eigenvalue weighted by Gasteiger charge is -2.08. The molecule has 0 aliphatic rings. The number of hydrogen-bond donors (Lipinski definition) is 0. The predicted molar refractivity (Wildman–Crippen MR) is 65.9 cm³/mol. The van der Waals surface area contributed by atoms with Crippen LogP contribution in [0, 0.1) is 12.0 Å². The Morgan fingerprint density at radius 1 is 1.13 bits per heavy atom. The van der Waals surface area contributed by atoms with E-state index >= 15 is 0 Å². The molecule has 2 aromatic rings. The Morgan fingerprint density at radius 2 is 1.93 bits per heavy atom. The van der Waals surface area contributed by atoms with Crippen LogP contribution in [0.5, 0.6) is 0 Å². The van der Waals surface area contributed by atoms with E-state index in [2.05, 4.69) is 56.3 Å². The molecule has 0 saturated heterocycles. The normalized spacial score (nSPS) is 12.9. The van der Waals surface area contributed by atoms with Gasteiger partial charge in [-0.15, -0.1) is 0 Å². The third kappa shape index (κ3) is 2.38. The molecule has 2 rings (SSSR count). The fourth-order valence-corrected chi connectivity index (χ4v) is 1.80. The third-order valence-electron chi connectivity index (χ3n) is 2.99. The zero-order chi connectivity index (χ0) is 10.7. The van der Waals surface area contributed by atoms with E-state index in [-0.39, 0.29) is 0 Å². The summed E-state index contributed by atoms with van der Waals surface area (Å²) < 4.78 is 0. The fraction of sp³-hybridized carbons (Fsp3) is 0.333. The smallest absolute Gasteiger partial charge is 0.00642 e. The minimum atomic E-state index is 0.752. The lowest BCUT2D eigenvalue weighted by atomic mass is 9.97. The highest BCUT2D eigenvalue weighted by molar-refractivity contribution is 5.82. The van der Waals surface area contributed by atoms with E-state index in [4.69, 9.17) is 0 Å². The van der Waals surface area contributed by atoms with Crippen LogP contribution in [0.15, 0.2) is 36.4 Å². The first-order valence-electron chi connectivity index (χ1n) is 5.69. The van der Waals surface area contributed by atoms with Crippen molar-refractivity contribution < 1.29 is 0 Å². The summed E-state index contributed by atoms with van der Waals surface area (Å²) in [5.41, 5.74) is 1.34. The van der Waals surface area contributed by atoms with Gasteiger partial charge in [-0.05, 0) is 34.7 Å². The Hall–Kier alpha value is -1.30. The summed E-state index contributed by atoms with van der Waals surface area (Å²) in [7, 11) is 0. The van der Waals surface area contributed by atoms with Gasteiger partial charge in [0.2, 0.25) is 0 Å². The van der Waals surface area contributed by atoms with Gasteiger partial charge < -0.3 is 0 Å². The highest BCUT2D eigenvalue weighted by atomic mass is 14.1. The van der Waals surface area contributed by atoms with E-state index in [1.807, 2.05) is 0 Å². The van der Waals surface area contributed by atoms with Crippen LogP contribution in [0.2, 0.25) is 0 Å². The molecule has 1 radical (unpaired) electrons. The summed E-state index contributed by atoms with van der Waals surface area (Å²) in [4.78, 5) is 0. The van der Waals surface area contributed by atoms with E-state index in [1.165, 1.54) is 22.8 Å². The van der Waals surface area contributed by atoms with Crippen LogP contribution in [0.4, 0.5) is 0 Å². The molecule has 0 N–H and O–H groups in total. The molecule has 0 amide bonds. The molecule has 0 spiro atoms. The molecular formula is C15H17. The Balaban J connectivity index is 2.30. The molecule has 0 heteroatoms. The lowest BCUT2D eigenvalue weighted by molar-refractivity contribution is 0.560. The second kappa shape index (κ2) is 4.48. The van der Waals surface area contributed by atoms with Gasteiger partial charge in [-0.1, -0.05) is 56.7 Å². The van der Waals surface area contributed by atoms with Crippen molar-refractivity contribution in [2.45, 2.75) is 26.7 Å². The minimum Gasteiger partial charge on any atom is -0.0651 e. The van der Waals surface area contributed by atoms with Crippen molar-refractivity contribution in [1.29, 1.82) is 0 Å². The molecule has 0 fully saturated rings. The van der Waals surface area contributed by atoms with Crippen LogP contribution in [0.25, 0.3) is 10.8 Å². The van der Waals surface area contributed by atoms with E-state index in [0.29, 0.717) is 0 Å². The maximum atomic E-state index is 3.49. The van der Waals surface area contributed by atoms with Crippen molar-refractivity contribution in [3.8, 4) is 0 Å². The summed E-state index contributed by atoms with van der Waals surface area (Å²) in [5, 5.41) is 2.52. The molecular weight excluding hydrogens is 180 g/mol. The molecule has 1 unspecified atom stereocenters. The first-order chi connectivity index (χ1) is 7.29. The van der Waals surface area contributed by atoms with Gasteiger partial charge in [-0.3, -0.25) is 0 Å². The largest absolute Gasteiger partial charge is 0.0651 e. The maximum absolute atomic E-state index is 3.49. The zero-order valence-corrected chi connectivity index (χ0v) is 9.46. The van der Waals surface area contributed by atoms with Gasteiger partial charge in [0.15, 0.2) is 0 Å². The van der Waals surface area contributed by atoms with E-state index in [1.54, 1.807) is 0 Å². The Kier molecular flexibility index (Phi) is 3.05. The van der Waals surface area contributed by atoms with Gasteiger partial charge in [0.05, 0.1) is 0 Å². The van der Waals surface area contributed by atoms with Crippen LogP contribution >= 0.6 is 0 Å². The molecule has 15 heavy (non-hydrogen) atoms. The summed E-state index contributed by atoms with van der Waals surface area (Å²) in [6.07, 6.45) is 2.38. The molecule has 0 nitrogen and oxygen atoms in total. The molecule has 0 aliphatic carbocycles. The van der Waals surface area contributed by atoms with Crippen LogP contribution in [-0.4, -0.2) is 0 Å². The van der Waals surface area contributed by atoms with E-state index in [0.717, 1.165) is 12.3 Å². The van der Waals surface area contributed by atoms with E-state index < -0.39 is 0 Å². The highest BCUT2D eigenvalue weighted by Crippen LogP contribution is 2.18. The number of hydrogen-bond acceptors (Lipinski definition) is 0. The molecule has 2 aromatic carbocycles. The van der Waals surface area contributed by atoms with Crippen molar-refractivity contribution in [3.05, 3.63) is 48.0 Å². The second-order valence-electron chi connectivity index (χ2n) is 4.29. The number of fused-ring (bicyclic) bond motifs is 1. The SMILES string of the molecule is CCC(C)Cc1[c]c2ccccc2cc1. The summed E-state index contributed by atoms with van der Waals surface area (Å²) in [6, 6.07) is 16.3. The first kappa shape index (κ1) is 10.2. The van der Waals surface area contributed by atoms with Gasteiger partial charge in [0.25, 0.3) is 0 Å². The van der Waals surface area contributed by atoms with Crippen molar-refractivity contribution in [2.75, 3.05) is 0 Å². The molecule has 0 aliphatic heterocycles. The summed E-state index contributed by atoms with van der Waals surface area (Å²) >= 11 is 0. The van der Waals surface area contributed by atoms with Crippen LogP contribution < -0.4 is 0 Å². The lowest BCUT2D eigenvalue weighted by Crippen LogP contribution is -1.97. The minimum absolute atomic E-state index is 0.752. The third-order valence-corrected chi connectivity index (χ3v) is 2.99. The molecule has 0 aromatic heterocycles. The van der Waals surface area contributed by atoms with Crippen LogP contribution in [0.3, 0.4) is 0 Å². The summed E-state index contributed by atoms with van der Waals surface area (Å²) in [6.45, 7) is 4.54. The van der Waals surface area contributed by atoms with Gasteiger partial charge in [-0.2, -0.15) is 0 Å². The van der Waals surface area contributed by atoms with Crippen molar-refractivity contribution in [2.24, 2.45) is 5.92 Å². The van der Waals surface area contributed by atoms with Crippen molar-refractivity contribution in [3.63, 3.8) is 0 Å². The Labute approximate surface area is 91.9 Å². The van der Waals surface area contributed by atoms with Gasteiger partial charge in [0.1, 0.15) is 0 Å². The second-order valence-corrected chi connectivity index (χ2v) is 4.29. The molecule has 77 valence electrons. The fourth-order valence-electron chi connectivity index (χ4n) is 1.80. The monoisotopic (exact) mass is 197 g/mol. The standard InChI is InChI=1S/C15H17/c1-3-12(2)10-13-8-9-14-6-4-5-7-15(14)11-13/h4-9,12H,3,10H2,1-2H3. The van der Waals surface area contributed by atoms with Crippen LogP contribution in [0.1, 0.15) is 25.8 Å². The van der Waals surface area contributed by atoms with Gasteiger partial charge >= 0.3 is 0 Å². The number of rotatable bonds is 3. The topological polar surface area (TPSA) is 0 Å². The Bertz CT molecular complexity index is 442. The van der Waals surface area contributed by atoms with Crippen molar-refractivity contribution >= 4 is 10.8 Å². The molecule has 0 saturated carbocycles. The quantitative estimate of drug-likeness (QED) is 0.690. The highest BCUT2D eigenvalue weighted by Gasteiger charge is 2.02. The maximum Gasteiger partial charge on any atom is -0.00642 e. The van der Waals surface area contributed by atoms with Crippen LogP contribution in [-0.2, 0) is 6.42 Å². The van der Waals surface area contributed by atoms with E-state index in [9.17, 15) is 0 Å². The number of benzene rings is 2. The average Bonchev–Trinajstić information content (AvgIpc) is 2.29. The summed E-state index contributed by atoms with van der Waals surface area (Å²) in [5.74, 6) is 0.752. The molecule has 0 heterocycles. The average molecular weight is 197 g/mol. The van der Waals surface area contributed by atoms with Crippen molar-refractivity contribution in [1.82, 2.24) is 0 Å². The predicted octanol–water partition coefficient (Wildman–Crippen LogP) is 4.23. The van der Waals surface area contributed by atoms with Gasteiger partial charge in [-0.25, -0.2) is 0 Å².